The average molecular weight is 247 g/mol. The molecule has 1 aromatic carbocycles. The molecule has 4 nitrogen and oxygen atoms in total. The molecule has 0 radical (unpaired) electrons. The number of nitrogens with one attached hydrogen (secondary N) is 1. The van der Waals surface area contributed by atoms with E-state index >= 15 is 0 Å². The molecule has 0 atom stereocenters. The van der Waals surface area contributed by atoms with Gasteiger partial charge in [-0.15, -0.1) is 0 Å². The number of rotatable bonds is 5. The molecule has 0 saturated carbocycles. The van der Waals surface area contributed by atoms with Gasteiger partial charge in [0.2, 0.25) is 5.91 Å². The van der Waals surface area contributed by atoms with Crippen LogP contribution in [0.25, 0.3) is 0 Å². The zero-order valence-electron chi connectivity index (χ0n) is 10.6. The lowest BCUT2D eigenvalue weighted by Crippen LogP contribution is -2.27. The second kappa shape index (κ2) is 6.59. The summed E-state index contributed by atoms with van der Waals surface area (Å²) in [4.78, 5) is 22.3. The van der Waals surface area contributed by atoms with Gasteiger partial charge in [0.05, 0.1) is 0 Å². The molecule has 18 heavy (non-hydrogen) atoms. The lowest BCUT2D eigenvalue weighted by Gasteiger charge is -2.07. The van der Waals surface area contributed by atoms with Crippen molar-refractivity contribution in [1.82, 2.24) is 5.32 Å². The van der Waals surface area contributed by atoms with E-state index in [-0.39, 0.29) is 17.1 Å². The van der Waals surface area contributed by atoms with Crippen molar-refractivity contribution in [3.63, 3.8) is 0 Å². The van der Waals surface area contributed by atoms with Crippen LogP contribution in [0.15, 0.2) is 41.5 Å². The molecular formula is C14H17NO3. The van der Waals surface area contributed by atoms with Gasteiger partial charge in [-0.1, -0.05) is 30.3 Å². The fraction of sp³-hybridized carbons (Fsp3) is 0.286. The highest BCUT2D eigenvalue weighted by molar-refractivity contribution is 6.01. The number of hydrogen-bond donors (Lipinski definition) is 2. The number of carboxylic acid groups (broad SMARTS) is 1. The van der Waals surface area contributed by atoms with Crippen LogP contribution in [0.1, 0.15) is 19.4 Å². The van der Waals surface area contributed by atoms with Gasteiger partial charge < -0.3 is 10.4 Å². The first-order valence-electron chi connectivity index (χ1n) is 5.75. The molecular weight excluding hydrogens is 230 g/mol. The zero-order valence-corrected chi connectivity index (χ0v) is 10.6. The molecule has 1 rings (SSSR count). The molecule has 4 heteroatoms. The summed E-state index contributed by atoms with van der Waals surface area (Å²) in [5.41, 5.74) is 1.46. The van der Waals surface area contributed by atoms with Crippen molar-refractivity contribution < 1.29 is 14.7 Å². The lowest BCUT2D eigenvalue weighted by atomic mass is 10.1. The van der Waals surface area contributed by atoms with E-state index in [2.05, 4.69) is 5.32 Å². The van der Waals surface area contributed by atoms with Crippen molar-refractivity contribution in [3.05, 3.63) is 47.0 Å². The molecule has 0 unspecified atom stereocenters. The van der Waals surface area contributed by atoms with Crippen LogP contribution < -0.4 is 5.32 Å². The summed E-state index contributed by atoms with van der Waals surface area (Å²) in [6.45, 7) is 3.43. The maximum absolute atomic E-state index is 11.6. The fourth-order valence-corrected chi connectivity index (χ4v) is 1.43. The third kappa shape index (κ3) is 4.05. The molecule has 0 aromatic heterocycles. The highest BCUT2D eigenvalue weighted by Gasteiger charge is 2.11. The van der Waals surface area contributed by atoms with Gasteiger partial charge in [-0.3, -0.25) is 4.79 Å². The zero-order chi connectivity index (χ0) is 13.5. The van der Waals surface area contributed by atoms with Crippen LogP contribution in [0.2, 0.25) is 0 Å². The average Bonchev–Trinajstić information content (AvgIpc) is 2.38. The third-order valence-electron chi connectivity index (χ3n) is 2.77. The minimum Gasteiger partial charge on any atom is -0.478 e. The summed E-state index contributed by atoms with van der Waals surface area (Å²) in [7, 11) is 0. The van der Waals surface area contributed by atoms with E-state index in [1.165, 1.54) is 13.8 Å². The monoisotopic (exact) mass is 247 g/mol. The molecule has 96 valence electrons. The Balaban J connectivity index is 2.48. The number of carbonyl (C=O) groups excluding carboxylic acids is 1. The van der Waals surface area contributed by atoms with E-state index in [4.69, 9.17) is 5.11 Å². The largest absolute Gasteiger partial charge is 0.478 e. The Morgan fingerprint density at radius 3 is 2.28 bits per heavy atom. The van der Waals surface area contributed by atoms with Gasteiger partial charge in [0.15, 0.2) is 0 Å². The smallest absolute Gasteiger partial charge is 0.331 e. The van der Waals surface area contributed by atoms with E-state index in [0.29, 0.717) is 6.54 Å². The molecule has 0 saturated heterocycles. The first kappa shape index (κ1) is 14.0. The van der Waals surface area contributed by atoms with E-state index in [1.807, 2.05) is 30.3 Å². The Kier molecular flexibility index (Phi) is 5.11. The molecule has 1 amide bonds. The van der Waals surface area contributed by atoms with E-state index < -0.39 is 5.97 Å². The van der Waals surface area contributed by atoms with Gasteiger partial charge in [-0.05, 0) is 25.8 Å². The summed E-state index contributed by atoms with van der Waals surface area (Å²) in [6, 6.07) is 9.79. The van der Waals surface area contributed by atoms with Gasteiger partial charge in [-0.25, -0.2) is 4.79 Å². The Morgan fingerprint density at radius 2 is 1.72 bits per heavy atom. The van der Waals surface area contributed by atoms with Crippen molar-refractivity contribution >= 4 is 11.9 Å². The first-order chi connectivity index (χ1) is 8.52. The molecule has 0 aliphatic rings. The minimum atomic E-state index is -1.06. The van der Waals surface area contributed by atoms with Gasteiger partial charge in [-0.2, -0.15) is 0 Å². The maximum atomic E-state index is 11.6. The van der Waals surface area contributed by atoms with Crippen molar-refractivity contribution in [3.8, 4) is 0 Å². The quantitative estimate of drug-likeness (QED) is 0.779. The normalized spacial score (nSPS) is 11.7. The topological polar surface area (TPSA) is 66.4 Å². The highest BCUT2D eigenvalue weighted by atomic mass is 16.4. The third-order valence-corrected chi connectivity index (χ3v) is 2.77. The first-order valence-corrected chi connectivity index (χ1v) is 5.75. The minimum absolute atomic E-state index is 0.0761. The van der Waals surface area contributed by atoms with E-state index in [9.17, 15) is 9.59 Å². The van der Waals surface area contributed by atoms with Crippen LogP contribution >= 0.6 is 0 Å². The molecule has 0 spiro atoms. The van der Waals surface area contributed by atoms with Crippen molar-refractivity contribution in [2.24, 2.45) is 0 Å². The Morgan fingerprint density at radius 1 is 1.11 bits per heavy atom. The predicted octanol–water partition coefficient (Wildman–Crippen LogP) is 1.77. The SMILES string of the molecule is C/C(C(=O)O)=C(\C)C(=O)NCCc1ccccc1. The van der Waals surface area contributed by atoms with Crippen LogP contribution in [0.3, 0.4) is 0 Å². The van der Waals surface area contributed by atoms with Gasteiger partial charge in [0.25, 0.3) is 0 Å². The van der Waals surface area contributed by atoms with Crippen molar-refractivity contribution in [2.75, 3.05) is 6.54 Å². The van der Waals surface area contributed by atoms with Crippen LogP contribution in [0, 0.1) is 0 Å². The summed E-state index contributed by atoms with van der Waals surface area (Å²) in [5, 5.41) is 11.5. The van der Waals surface area contributed by atoms with Crippen LogP contribution in [-0.4, -0.2) is 23.5 Å². The number of carboxylic acids is 1. The molecule has 0 aliphatic heterocycles. The molecule has 0 fully saturated rings. The number of carbonyl (C=O) groups is 2. The standard InChI is InChI=1S/C14H17NO3/c1-10(11(2)14(17)18)13(16)15-9-8-12-6-4-3-5-7-12/h3-7H,8-9H2,1-2H3,(H,15,16)(H,17,18)/b11-10-. The van der Waals surface area contributed by atoms with Gasteiger partial charge in [0, 0.05) is 17.7 Å². The number of amides is 1. The number of hydrogen-bond acceptors (Lipinski definition) is 2. The molecule has 1 aromatic rings. The summed E-state index contributed by atoms with van der Waals surface area (Å²) < 4.78 is 0. The molecule has 0 heterocycles. The highest BCUT2D eigenvalue weighted by Crippen LogP contribution is 2.04. The summed E-state index contributed by atoms with van der Waals surface area (Å²) in [6.07, 6.45) is 0.728. The summed E-state index contributed by atoms with van der Waals surface area (Å²) in [5.74, 6) is -1.39. The van der Waals surface area contributed by atoms with Gasteiger partial charge >= 0.3 is 5.97 Å². The van der Waals surface area contributed by atoms with Crippen LogP contribution in [-0.2, 0) is 16.0 Å². The number of aliphatic carboxylic acids is 1. The second-order valence-corrected chi connectivity index (χ2v) is 4.05. The van der Waals surface area contributed by atoms with Crippen LogP contribution in [0.4, 0.5) is 0 Å². The molecule has 2 N–H and O–H groups in total. The second-order valence-electron chi connectivity index (χ2n) is 4.05. The Hall–Kier alpha value is -2.10. The lowest BCUT2D eigenvalue weighted by molar-refractivity contribution is -0.133. The number of benzene rings is 1. The van der Waals surface area contributed by atoms with E-state index in [0.717, 1.165) is 12.0 Å². The van der Waals surface area contributed by atoms with E-state index in [1.54, 1.807) is 0 Å². The van der Waals surface area contributed by atoms with Crippen molar-refractivity contribution in [1.29, 1.82) is 0 Å². The fourth-order valence-electron chi connectivity index (χ4n) is 1.43. The Bertz CT molecular complexity index is 463. The molecule has 0 aliphatic carbocycles. The summed E-state index contributed by atoms with van der Waals surface area (Å²) >= 11 is 0. The Labute approximate surface area is 106 Å². The predicted molar refractivity (Wildman–Crippen MR) is 69.2 cm³/mol. The molecule has 0 bridgehead atoms. The van der Waals surface area contributed by atoms with Crippen molar-refractivity contribution in [2.45, 2.75) is 20.3 Å². The van der Waals surface area contributed by atoms with Crippen LogP contribution in [0.5, 0.6) is 0 Å². The van der Waals surface area contributed by atoms with Gasteiger partial charge in [0.1, 0.15) is 0 Å². The maximum Gasteiger partial charge on any atom is 0.331 e.